The molecular weight excluding hydrogens is 380 g/mol. The maximum atomic E-state index is 13.0. The first-order valence-corrected chi connectivity index (χ1v) is 10.1. The second-order valence-electron chi connectivity index (χ2n) is 7.71. The number of hydrogen-bond acceptors (Lipinski definition) is 4. The van der Waals surface area contributed by atoms with Crippen LogP contribution in [0.25, 0.3) is 0 Å². The van der Waals surface area contributed by atoms with Gasteiger partial charge in [-0.15, -0.1) is 0 Å². The van der Waals surface area contributed by atoms with Crippen LogP contribution in [0.5, 0.6) is 5.75 Å². The number of nitrogens with zero attached hydrogens (tertiary/aromatic N) is 2. The van der Waals surface area contributed by atoms with Crippen LogP contribution in [-0.4, -0.2) is 39.8 Å². The topological polar surface area (TPSA) is 87.3 Å². The molecule has 2 amide bonds. The number of amides is 2. The average molecular weight is 402 g/mol. The van der Waals surface area contributed by atoms with E-state index in [0.29, 0.717) is 36.5 Å². The summed E-state index contributed by atoms with van der Waals surface area (Å²) in [6, 6.07) is 10.9. The van der Waals surface area contributed by atoms with Crippen molar-refractivity contribution in [1.82, 2.24) is 14.9 Å². The first-order valence-electron chi connectivity index (χ1n) is 10.1. The molecule has 3 aromatic rings. The second-order valence-corrected chi connectivity index (χ2v) is 7.71. The number of aromatic nitrogens is 2. The molecule has 0 fully saturated rings. The number of imidazole rings is 1. The Balaban J connectivity index is 1.35. The van der Waals surface area contributed by atoms with E-state index in [1.165, 1.54) is 0 Å². The molecule has 5 rings (SSSR count). The van der Waals surface area contributed by atoms with E-state index in [-0.39, 0.29) is 11.8 Å². The van der Waals surface area contributed by atoms with Crippen molar-refractivity contribution in [2.24, 2.45) is 0 Å². The highest BCUT2D eigenvalue weighted by molar-refractivity contribution is 6.05. The third-order valence-electron chi connectivity index (χ3n) is 5.75. The fourth-order valence-electron chi connectivity index (χ4n) is 3.98. The number of ether oxygens (including phenoxy) is 1. The SMILES string of the molecule is Cc1ccc(C(=O)N2CCc3nc[nH]c3C2)cc1NC(=O)c1ccc2c(c1)CCO2. The Morgan fingerprint density at radius 2 is 2.00 bits per heavy atom. The van der Waals surface area contributed by atoms with Crippen molar-refractivity contribution in [3.05, 3.63) is 76.4 Å². The van der Waals surface area contributed by atoms with Gasteiger partial charge in [-0.05, 0) is 48.4 Å². The van der Waals surface area contributed by atoms with Crippen molar-refractivity contribution >= 4 is 17.5 Å². The molecule has 0 saturated heterocycles. The Bertz CT molecular complexity index is 1150. The number of aryl methyl sites for hydroxylation is 1. The number of carbonyl (C=O) groups is 2. The van der Waals surface area contributed by atoms with Crippen molar-refractivity contribution in [2.45, 2.75) is 26.3 Å². The molecule has 0 aliphatic carbocycles. The van der Waals surface area contributed by atoms with E-state index >= 15 is 0 Å². The summed E-state index contributed by atoms with van der Waals surface area (Å²) in [4.78, 5) is 35.0. The van der Waals surface area contributed by atoms with Gasteiger partial charge in [-0.3, -0.25) is 9.59 Å². The van der Waals surface area contributed by atoms with Gasteiger partial charge in [0.2, 0.25) is 0 Å². The molecule has 7 heteroatoms. The van der Waals surface area contributed by atoms with E-state index in [1.807, 2.05) is 31.2 Å². The Morgan fingerprint density at radius 3 is 2.90 bits per heavy atom. The molecule has 30 heavy (non-hydrogen) atoms. The molecule has 152 valence electrons. The molecule has 0 atom stereocenters. The van der Waals surface area contributed by atoms with Crippen LogP contribution in [0.2, 0.25) is 0 Å². The summed E-state index contributed by atoms with van der Waals surface area (Å²) in [5, 5.41) is 2.96. The first-order chi connectivity index (χ1) is 14.6. The van der Waals surface area contributed by atoms with Crippen molar-refractivity contribution in [3.8, 4) is 5.75 Å². The molecule has 2 aromatic carbocycles. The lowest BCUT2D eigenvalue weighted by molar-refractivity contribution is 0.0731. The van der Waals surface area contributed by atoms with Crippen LogP contribution in [0.15, 0.2) is 42.7 Å². The Hall–Kier alpha value is -3.61. The number of carbonyl (C=O) groups excluding carboxylic acids is 2. The second kappa shape index (κ2) is 7.33. The Morgan fingerprint density at radius 1 is 1.13 bits per heavy atom. The fourth-order valence-corrected chi connectivity index (χ4v) is 3.98. The number of fused-ring (bicyclic) bond motifs is 2. The molecule has 7 nitrogen and oxygen atoms in total. The maximum Gasteiger partial charge on any atom is 0.255 e. The van der Waals surface area contributed by atoms with Gasteiger partial charge in [0, 0.05) is 36.2 Å². The van der Waals surface area contributed by atoms with Crippen LogP contribution in [0.3, 0.4) is 0 Å². The molecule has 0 saturated carbocycles. The number of benzene rings is 2. The molecule has 2 aliphatic rings. The summed E-state index contributed by atoms with van der Waals surface area (Å²) in [6.07, 6.45) is 3.22. The minimum absolute atomic E-state index is 0.0552. The molecular formula is C23H22N4O3. The lowest BCUT2D eigenvalue weighted by Crippen LogP contribution is -2.36. The van der Waals surface area contributed by atoms with Crippen LogP contribution in [-0.2, 0) is 19.4 Å². The normalized spacial score (nSPS) is 14.6. The molecule has 0 bridgehead atoms. The van der Waals surface area contributed by atoms with Gasteiger partial charge >= 0.3 is 0 Å². The van der Waals surface area contributed by atoms with E-state index < -0.39 is 0 Å². The predicted octanol–water partition coefficient (Wildman–Crippen LogP) is 3.10. The number of nitrogens with one attached hydrogen (secondary N) is 2. The van der Waals surface area contributed by atoms with Gasteiger partial charge in [-0.25, -0.2) is 4.98 Å². The summed E-state index contributed by atoms with van der Waals surface area (Å²) in [5.41, 5.74) is 5.73. The van der Waals surface area contributed by atoms with E-state index in [0.717, 1.165) is 41.1 Å². The van der Waals surface area contributed by atoms with E-state index in [4.69, 9.17) is 4.74 Å². The van der Waals surface area contributed by atoms with Crippen molar-refractivity contribution < 1.29 is 14.3 Å². The standard InChI is InChI=1S/C23H22N4O3/c1-14-2-3-17(23(29)27-8-6-18-20(12-27)25-13-24-18)11-19(14)26-22(28)16-4-5-21-15(10-16)7-9-30-21/h2-5,10-11,13H,6-9,12H2,1H3,(H,24,25)(H,26,28). The number of aromatic amines is 1. The third kappa shape index (κ3) is 3.32. The summed E-state index contributed by atoms with van der Waals surface area (Å²) in [6.45, 7) is 3.71. The average Bonchev–Trinajstić information content (AvgIpc) is 3.42. The third-order valence-corrected chi connectivity index (χ3v) is 5.75. The largest absolute Gasteiger partial charge is 0.493 e. The highest BCUT2D eigenvalue weighted by atomic mass is 16.5. The quantitative estimate of drug-likeness (QED) is 0.705. The number of rotatable bonds is 3. The van der Waals surface area contributed by atoms with Gasteiger partial charge in [-0.2, -0.15) is 0 Å². The van der Waals surface area contributed by atoms with Gasteiger partial charge in [0.05, 0.1) is 30.9 Å². The van der Waals surface area contributed by atoms with Gasteiger partial charge in [0.25, 0.3) is 11.8 Å². The monoisotopic (exact) mass is 402 g/mol. The van der Waals surface area contributed by atoms with Gasteiger partial charge < -0.3 is 19.9 Å². The molecule has 2 N–H and O–H groups in total. The van der Waals surface area contributed by atoms with Crippen molar-refractivity contribution in [1.29, 1.82) is 0 Å². The van der Waals surface area contributed by atoms with Crippen LogP contribution in [0.4, 0.5) is 5.69 Å². The van der Waals surface area contributed by atoms with Gasteiger partial charge in [0.15, 0.2) is 0 Å². The Kier molecular flexibility index (Phi) is 4.50. The lowest BCUT2D eigenvalue weighted by atomic mass is 10.1. The molecule has 0 unspecified atom stereocenters. The maximum absolute atomic E-state index is 13.0. The number of anilines is 1. The molecule has 0 radical (unpaired) electrons. The summed E-state index contributed by atoms with van der Waals surface area (Å²) >= 11 is 0. The summed E-state index contributed by atoms with van der Waals surface area (Å²) < 4.78 is 5.51. The number of hydrogen-bond donors (Lipinski definition) is 2. The molecule has 1 aromatic heterocycles. The van der Waals surface area contributed by atoms with Gasteiger partial charge in [0.1, 0.15) is 5.75 Å². The Labute approximate surface area is 174 Å². The van der Waals surface area contributed by atoms with E-state index in [1.54, 1.807) is 23.4 Å². The first kappa shape index (κ1) is 18.4. The minimum atomic E-state index is -0.197. The van der Waals surface area contributed by atoms with Crippen molar-refractivity contribution in [2.75, 3.05) is 18.5 Å². The predicted molar refractivity (Wildman–Crippen MR) is 112 cm³/mol. The summed E-state index contributed by atoms with van der Waals surface area (Å²) in [5.74, 6) is 0.593. The highest BCUT2D eigenvalue weighted by Gasteiger charge is 2.24. The highest BCUT2D eigenvalue weighted by Crippen LogP contribution is 2.27. The van der Waals surface area contributed by atoms with Crippen LogP contribution < -0.4 is 10.1 Å². The fraction of sp³-hybridized carbons (Fsp3) is 0.261. The zero-order valence-corrected chi connectivity index (χ0v) is 16.7. The van der Waals surface area contributed by atoms with Crippen molar-refractivity contribution in [3.63, 3.8) is 0 Å². The van der Waals surface area contributed by atoms with Crippen LogP contribution in [0, 0.1) is 6.92 Å². The molecule has 0 spiro atoms. The van der Waals surface area contributed by atoms with Crippen LogP contribution >= 0.6 is 0 Å². The van der Waals surface area contributed by atoms with E-state index in [9.17, 15) is 9.59 Å². The van der Waals surface area contributed by atoms with Crippen LogP contribution in [0.1, 0.15) is 43.2 Å². The zero-order valence-electron chi connectivity index (χ0n) is 16.7. The van der Waals surface area contributed by atoms with Gasteiger partial charge in [-0.1, -0.05) is 6.07 Å². The minimum Gasteiger partial charge on any atom is -0.493 e. The molecule has 2 aliphatic heterocycles. The lowest BCUT2D eigenvalue weighted by Gasteiger charge is -2.26. The number of H-pyrrole nitrogens is 1. The summed E-state index contributed by atoms with van der Waals surface area (Å²) in [7, 11) is 0. The zero-order chi connectivity index (χ0) is 20.7. The van der Waals surface area contributed by atoms with E-state index in [2.05, 4.69) is 15.3 Å². The molecule has 3 heterocycles. The smallest absolute Gasteiger partial charge is 0.255 e.